The first-order chi connectivity index (χ1) is 9.65. The summed E-state index contributed by atoms with van der Waals surface area (Å²) in [5.74, 6) is -0.256. The highest BCUT2D eigenvalue weighted by Gasteiger charge is 2.30. The molecule has 1 aliphatic heterocycles. The van der Waals surface area contributed by atoms with Crippen LogP contribution in [0.2, 0.25) is 0 Å². The Labute approximate surface area is 125 Å². The van der Waals surface area contributed by atoms with Gasteiger partial charge in [-0.3, -0.25) is 0 Å². The lowest BCUT2D eigenvalue weighted by Crippen LogP contribution is -2.31. The zero-order valence-corrected chi connectivity index (χ0v) is 12.1. The van der Waals surface area contributed by atoms with Crippen molar-refractivity contribution in [1.29, 1.82) is 0 Å². The van der Waals surface area contributed by atoms with E-state index in [0.717, 1.165) is 16.2 Å². The van der Waals surface area contributed by atoms with Gasteiger partial charge in [-0.05, 0) is 41.4 Å². The van der Waals surface area contributed by atoms with Gasteiger partial charge in [0.25, 0.3) is 0 Å². The molecule has 0 saturated carbocycles. The first-order valence-electron chi connectivity index (χ1n) is 6.10. The summed E-state index contributed by atoms with van der Waals surface area (Å²) in [5.41, 5.74) is 7.66. The Hall–Kier alpha value is -1.79. The summed E-state index contributed by atoms with van der Waals surface area (Å²) in [5, 5.41) is 8.38. The average molecular weight is 305 g/mol. The van der Waals surface area contributed by atoms with Crippen molar-refractivity contribution >= 4 is 34.4 Å². The number of hydrogen-bond donors (Lipinski definition) is 1. The second kappa shape index (κ2) is 5.30. The molecule has 2 aromatic rings. The predicted octanol–water partition coefficient (Wildman–Crippen LogP) is 3.28. The van der Waals surface area contributed by atoms with Crippen molar-refractivity contribution in [3.05, 3.63) is 58.0 Å². The lowest BCUT2D eigenvalue weighted by Gasteiger charge is -2.21. The normalized spacial score (nSPS) is 18.1. The fourth-order valence-corrected chi connectivity index (χ4v) is 3.14. The molecule has 20 heavy (non-hydrogen) atoms. The minimum absolute atomic E-state index is 0.0646. The molecule has 3 rings (SSSR count). The summed E-state index contributed by atoms with van der Waals surface area (Å²) in [6, 6.07) is 10.3. The third kappa shape index (κ3) is 2.44. The van der Waals surface area contributed by atoms with E-state index >= 15 is 0 Å². The maximum Gasteiger partial charge on any atom is 0.187 e. The van der Waals surface area contributed by atoms with Gasteiger partial charge in [-0.25, -0.2) is 9.40 Å². The van der Waals surface area contributed by atoms with Gasteiger partial charge in [-0.2, -0.15) is 5.10 Å². The molecule has 1 aromatic carbocycles. The molecule has 0 fully saturated rings. The van der Waals surface area contributed by atoms with Crippen molar-refractivity contribution < 1.29 is 4.39 Å². The van der Waals surface area contributed by atoms with Gasteiger partial charge in [-0.15, -0.1) is 11.3 Å². The van der Waals surface area contributed by atoms with E-state index in [2.05, 4.69) is 5.10 Å². The molecule has 2 heterocycles. The molecule has 102 valence electrons. The van der Waals surface area contributed by atoms with Crippen LogP contribution in [-0.2, 0) is 0 Å². The average Bonchev–Trinajstić information content (AvgIpc) is 3.08. The molecule has 0 saturated heterocycles. The molecule has 0 spiro atoms. The number of thiocarbonyl (C=S) groups is 1. The van der Waals surface area contributed by atoms with Crippen LogP contribution in [0.25, 0.3) is 0 Å². The third-order valence-electron chi connectivity index (χ3n) is 3.20. The van der Waals surface area contributed by atoms with Crippen LogP contribution in [0, 0.1) is 5.82 Å². The Morgan fingerprint density at radius 3 is 2.70 bits per heavy atom. The number of rotatable bonds is 2. The lowest BCUT2D eigenvalue weighted by molar-refractivity contribution is 0.372. The second-order valence-electron chi connectivity index (χ2n) is 4.48. The van der Waals surface area contributed by atoms with Crippen molar-refractivity contribution in [3.8, 4) is 0 Å². The first-order valence-corrected chi connectivity index (χ1v) is 7.39. The predicted molar refractivity (Wildman–Crippen MR) is 83.2 cm³/mol. The standard InChI is InChI=1S/C14H12FN3S2/c15-10-5-3-9(4-6-10)12-8-11(13-2-1-7-20-13)17-18(12)14(16)19/h1-7,12H,8H2,(H2,16,19)/t12-/m1/s1. The quantitative estimate of drug-likeness (QED) is 0.866. The molecule has 0 bridgehead atoms. The number of hydrogen-bond acceptors (Lipinski definition) is 3. The van der Waals surface area contributed by atoms with Gasteiger partial charge in [0.1, 0.15) is 5.82 Å². The molecule has 0 amide bonds. The highest BCUT2D eigenvalue weighted by atomic mass is 32.1. The van der Waals surface area contributed by atoms with Crippen LogP contribution < -0.4 is 5.73 Å². The fourth-order valence-electron chi connectivity index (χ4n) is 2.25. The van der Waals surface area contributed by atoms with Crippen LogP contribution in [0.5, 0.6) is 0 Å². The Bertz CT molecular complexity index is 650. The van der Waals surface area contributed by atoms with Crippen molar-refractivity contribution in [3.63, 3.8) is 0 Å². The van der Waals surface area contributed by atoms with Crippen LogP contribution in [0.15, 0.2) is 46.9 Å². The van der Waals surface area contributed by atoms with Gasteiger partial charge in [0.05, 0.1) is 16.6 Å². The number of thiophene rings is 1. The molecule has 0 aliphatic carbocycles. The number of nitrogens with two attached hydrogens (primary N) is 1. The Morgan fingerprint density at radius 1 is 1.35 bits per heavy atom. The largest absolute Gasteiger partial charge is 0.375 e. The van der Waals surface area contributed by atoms with E-state index < -0.39 is 0 Å². The molecule has 0 radical (unpaired) electrons. The summed E-state index contributed by atoms with van der Waals surface area (Å²) in [6.07, 6.45) is 0.712. The maximum absolute atomic E-state index is 13.0. The van der Waals surface area contributed by atoms with Crippen molar-refractivity contribution in [1.82, 2.24) is 5.01 Å². The monoisotopic (exact) mass is 305 g/mol. The van der Waals surface area contributed by atoms with Gasteiger partial charge in [0.15, 0.2) is 5.11 Å². The molecule has 0 unspecified atom stereocenters. The molecule has 6 heteroatoms. The van der Waals surface area contributed by atoms with Gasteiger partial charge in [-0.1, -0.05) is 18.2 Å². The number of hydrazone groups is 1. The van der Waals surface area contributed by atoms with E-state index in [4.69, 9.17) is 18.0 Å². The summed E-state index contributed by atoms with van der Waals surface area (Å²) in [6.45, 7) is 0. The SMILES string of the molecule is NC(=S)N1N=C(c2cccs2)C[C@@H]1c1ccc(F)cc1. The summed E-state index contributed by atoms with van der Waals surface area (Å²) < 4.78 is 13.0. The molecule has 1 aliphatic rings. The van der Waals surface area contributed by atoms with Gasteiger partial charge in [0, 0.05) is 6.42 Å². The van der Waals surface area contributed by atoms with Crippen LogP contribution >= 0.6 is 23.6 Å². The third-order valence-corrected chi connectivity index (χ3v) is 4.30. The maximum atomic E-state index is 13.0. The lowest BCUT2D eigenvalue weighted by atomic mass is 10.0. The van der Waals surface area contributed by atoms with E-state index in [9.17, 15) is 4.39 Å². The molecular weight excluding hydrogens is 293 g/mol. The smallest absolute Gasteiger partial charge is 0.187 e. The fraction of sp³-hybridized carbons (Fsp3) is 0.143. The highest BCUT2D eigenvalue weighted by Crippen LogP contribution is 2.33. The molecule has 2 N–H and O–H groups in total. The van der Waals surface area contributed by atoms with Crippen molar-refractivity contribution in [2.24, 2.45) is 10.8 Å². The van der Waals surface area contributed by atoms with Crippen molar-refractivity contribution in [2.75, 3.05) is 0 Å². The summed E-state index contributed by atoms with van der Waals surface area (Å²) in [4.78, 5) is 1.11. The van der Waals surface area contributed by atoms with E-state index in [1.54, 1.807) is 28.5 Å². The Balaban J connectivity index is 1.93. The topological polar surface area (TPSA) is 41.6 Å². The Kier molecular flexibility index (Phi) is 3.50. The molecule has 1 aromatic heterocycles. The Morgan fingerprint density at radius 2 is 2.10 bits per heavy atom. The van der Waals surface area contributed by atoms with Crippen molar-refractivity contribution in [2.45, 2.75) is 12.5 Å². The second-order valence-corrected chi connectivity index (χ2v) is 5.84. The summed E-state index contributed by atoms with van der Waals surface area (Å²) >= 11 is 6.70. The van der Waals surface area contributed by atoms with Gasteiger partial charge < -0.3 is 5.73 Å². The van der Waals surface area contributed by atoms with Gasteiger partial charge >= 0.3 is 0 Å². The zero-order chi connectivity index (χ0) is 14.1. The van der Waals surface area contributed by atoms with Crippen LogP contribution in [0.4, 0.5) is 4.39 Å². The van der Waals surface area contributed by atoms with Crippen LogP contribution in [-0.4, -0.2) is 15.8 Å². The van der Waals surface area contributed by atoms with Crippen LogP contribution in [0.3, 0.4) is 0 Å². The van der Waals surface area contributed by atoms with E-state index in [-0.39, 0.29) is 17.0 Å². The minimum atomic E-state index is -0.256. The zero-order valence-electron chi connectivity index (χ0n) is 10.5. The first kappa shape index (κ1) is 13.2. The number of halogens is 1. The van der Waals surface area contributed by atoms with E-state index in [1.807, 2.05) is 17.5 Å². The number of benzene rings is 1. The van der Waals surface area contributed by atoms with E-state index in [0.29, 0.717) is 6.42 Å². The number of nitrogens with zero attached hydrogens (tertiary/aromatic N) is 2. The summed E-state index contributed by atoms with van der Waals surface area (Å²) in [7, 11) is 0. The minimum Gasteiger partial charge on any atom is -0.375 e. The highest BCUT2D eigenvalue weighted by molar-refractivity contribution is 7.80. The molecule has 1 atom stereocenters. The molecular formula is C14H12FN3S2. The molecule has 3 nitrogen and oxygen atoms in total. The van der Waals surface area contributed by atoms with E-state index in [1.165, 1.54) is 12.1 Å². The van der Waals surface area contributed by atoms with Gasteiger partial charge in [0.2, 0.25) is 0 Å². The van der Waals surface area contributed by atoms with Crippen LogP contribution in [0.1, 0.15) is 22.9 Å².